The van der Waals surface area contributed by atoms with Crippen LogP contribution in [0.25, 0.3) is 22.4 Å². The molecule has 0 spiro atoms. The quantitative estimate of drug-likeness (QED) is 0.576. The van der Waals surface area contributed by atoms with Gasteiger partial charge in [-0.1, -0.05) is 30.1 Å². The number of ether oxygens (including phenoxy) is 1. The standard InChI is InChI=1S/C16H13BrCl2N2O/c1-2-5-22-15-4-3-9(6-10(15)17)16-20-13-7-11(18)12(19)8-14(13)21-16/h3-4,6-8H,2,5H2,1H3,(H,20,21). The number of halogens is 3. The number of H-pyrrole nitrogens is 1. The Labute approximate surface area is 146 Å². The smallest absolute Gasteiger partial charge is 0.138 e. The third-order valence-corrected chi connectivity index (χ3v) is 4.53. The lowest BCUT2D eigenvalue weighted by atomic mass is 10.2. The van der Waals surface area contributed by atoms with Gasteiger partial charge in [0.2, 0.25) is 0 Å². The minimum atomic E-state index is 0.497. The number of aromatic amines is 1. The first kappa shape index (κ1) is 15.7. The average Bonchev–Trinajstić information content (AvgIpc) is 2.89. The Bertz CT molecular complexity index is 793. The zero-order chi connectivity index (χ0) is 15.7. The predicted octanol–water partition coefficient (Wildman–Crippen LogP) is 6.09. The third-order valence-electron chi connectivity index (χ3n) is 3.19. The molecule has 0 aliphatic rings. The van der Waals surface area contributed by atoms with Crippen LogP contribution in [0.3, 0.4) is 0 Å². The van der Waals surface area contributed by atoms with Gasteiger partial charge in [-0.2, -0.15) is 0 Å². The van der Waals surface area contributed by atoms with Crippen LogP contribution < -0.4 is 4.74 Å². The molecule has 0 saturated heterocycles. The highest BCUT2D eigenvalue weighted by Gasteiger charge is 2.10. The minimum absolute atomic E-state index is 0.497. The molecule has 0 radical (unpaired) electrons. The van der Waals surface area contributed by atoms with Crippen LogP contribution in [-0.4, -0.2) is 16.6 Å². The largest absolute Gasteiger partial charge is 0.492 e. The topological polar surface area (TPSA) is 37.9 Å². The summed E-state index contributed by atoms with van der Waals surface area (Å²) >= 11 is 15.6. The number of benzene rings is 2. The normalized spacial score (nSPS) is 11.1. The number of imidazole rings is 1. The van der Waals surface area contributed by atoms with Crippen LogP contribution in [0.2, 0.25) is 10.0 Å². The van der Waals surface area contributed by atoms with Crippen LogP contribution in [-0.2, 0) is 0 Å². The van der Waals surface area contributed by atoms with Gasteiger partial charge in [0.25, 0.3) is 0 Å². The van der Waals surface area contributed by atoms with E-state index in [-0.39, 0.29) is 0 Å². The van der Waals surface area contributed by atoms with E-state index in [1.807, 2.05) is 18.2 Å². The fraction of sp³-hybridized carbons (Fsp3) is 0.188. The number of hydrogen-bond acceptors (Lipinski definition) is 2. The van der Waals surface area contributed by atoms with E-state index in [0.717, 1.165) is 39.1 Å². The molecular weight excluding hydrogens is 387 g/mol. The first-order chi connectivity index (χ1) is 10.6. The maximum Gasteiger partial charge on any atom is 0.138 e. The second kappa shape index (κ2) is 6.49. The summed E-state index contributed by atoms with van der Waals surface area (Å²) < 4.78 is 6.55. The molecule has 0 bridgehead atoms. The molecule has 0 aliphatic carbocycles. The van der Waals surface area contributed by atoms with E-state index in [4.69, 9.17) is 27.9 Å². The molecule has 1 aromatic heterocycles. The molecule has 1 N–H and O–H groups in total. The Kier molecular flexibility index (Phi) is 4.62. The zero-order valence-corrected chi connectivity index (χ0v) is 14.9. The highest BCUT2D eigenvalue weighted by molar-refractivity contribution is 9.10. The van der Waals surface area contributed by atoms with Crippen molar-refractivity contribution in [3.8, 4) is 17.1 Å². The number of nitrogens with one attached hydrogen (secondary N) is 1. The van der Waals surface area contributed by atoms with Gasteiger partial charge in [0.05, 0.1) is 32.2 Å². The Balaban J connectivity index is 1.98. The van der Waals surface area contributed by atoms with Crippen molar-refractivity contribution in [2.75, 3.05) is 6.61 Å². The van der Waals surface area contributed by atoms with Crippen molar-refractivity contribution in [3.63, 3.8) is 0 Å². The zero-order valence-electron chi connectivity index (χ0n) is 11.8. The van der Waals surface area contributed by atoms with Gasteiger partial charge in [0, 0.05) is 5.56 Å². The van der Waals surface area contributed by atoms with Crippen LogP contribution in [0, 0.1) is 0 Å². The summed E-state index contributed by atoms with van der Waals surface area (Å²) in [5.41, 5.74) is 2.60. The Morgan fingerprint density at radius 3 is 2.68 bits per heavy atom. The summed E-state index contributed by atoms with van der Waals surface area (Å²) in [4.78, 5) is 7.81. The van der Waals surface area contributed by atoms with Gasteiger partial charge in [-0.15, -0.1) is 0 Å². The second-order valence-corrected chi connectivity index (χ2v) is 6.53. The van der Waals surface area contributed by atoms with Crippen molar-refractivity contribution in [1.29, 1.82) is 0 Å². The molecule has 0 aliphatic heterocycles. The van der Waals surface area contributed by atoms with E-state index in [1.165, 1.54) is 0 Å². The van der Waals surface area contributed by atoms with Crippen molar-refractivity contribution >= 4 is 50.2 Å². The van der Waals surface area contributed by atoms with Crippen molar-refractivity contribution in [2.45, 2.75) is 13.3 Å². The number of fused-ring (bicyclic) bond motifs is 1. The lowest BCUT2D eigenvalue weighted by Crippen LogP contribution is -1.95. The van der Waals surface area contributed by atoms with E-state index in [1.54, 1.807) is 12.1 Å². The summed E-state index contributed by atoms with van der Waals surface area (Å²) in [6.45, 7) is 2.77. The molecular formula is C16H13BrCl2N2O. The molecule has 22 heavy (non-hydrogen) atoms. The number of aromatic nitrogens is 2. The highest BCUT2D eigenvalue weighted by atomic mass is 79.9. The molecule has 3 nitrogen and oxygen atoms in total. The SMILES string of the molecule is CCCOc1ccc(-c2nc3cc(Cl)c(Cl)cc3[nH]2)cc1Br. The number of rotatable bonds is 4. The number of nitrogens with zero attached hydrogens (tertiary/aromatic N) is 1. The van der Waals surface area contributed by atoms with Gasteiger partial charge < -0.3 is 9.72 Å². The van der Waals surface area contributed by atoms with Crippen LogP contribution in [0.15, 0.2) is 34.8 Å². The van der Waals surface area contributed by atoms with Crippen LogP contribution in [0.1, 0.15) is 13.3 Å². The first-order valence-electron chi connectivity index (χ1n) is 6.86. The summed E-state index contributed by atoms with van der Waals surface area (Å²) in [7, 11) is 0. The van der Waals surface area contributed by atoms with Gasteiger partial charge in [0.15, 0.2) is 0 Å². The Morgan fingerprint density at radius 1 is 1.18 bits per heavy atom. The summed E-state index contributed by atoms with van der Waals surface area (Å²) in [6.07, 6.45) is 0.972. The highest BCUT2D eigenvalue weighted by Crippen LogP contribution is 2.32. The maximum atomic E-state index is 6.03. The molecule has 0 atom stereocenters. The van der Waals surface area contributed by atoms with Crippen LogP contribution in [0.5, 0.6) is 5.75 Å². The molecule has 0 fully saturated rings. The lowest BCUT2D eigenvalue weighted by molar-refractivity contribution is 0.315. The van der Waals surface area contributed by atoms with Gasteiger partial charge in [0.1, 0.15) is 11.6 Å². The second-order valence-electron chi connectivity index (χ2n) is 4.86. The van der Waals surface area contributed by atoms with E-state index < -0.39 is 0 Å². The molecule has 6 heteroatoms. The van der Waals surface area contributed by atoms with Crippen molar-refractivity contribution < 1.29 is 4.74 Å². The fourth-order valence-electron chi connectivity index (χ4n) is 2.12. The van der Waals surface area contributed by atoms with Crippen molar-refractivity contribution in [3.05, 3.63) is 44.8 Å². The monoisotopic (exact) mass is 398 g/mol. The molecule has 1 heterocycles. The van der Waals surface area contributed by atoms with E-state index in [0.29, 0.717) is 16.7 Å². The third kappa shape index (κ3) is 3.09. The van der Waals surface area contributed by atoms with Crippen molar-refractivity contribution in [2.24, 2.45) is 0 Å². The molecule has 114 valence electrons. The molecule has 3 rings (SSSR count). The van der Waals surface area contributed by atoms with Gasteiger partial charge in [-0.05, 0) is 52.7 Å². The van der Waals surface area contributed by atoms with E-state index in [2.05, 4.69) is 32.8 Å². The lowest BCUT2D eigenvalue weighted by Gasteiger charge is -2.07. The van der Waals surface area contributed by atoms with Crippen LogP contribution >= 0.6 is 39.1 Å². The van der Waals surface area contributed by atoms with Gasteiger partial charge >= 0.3 is 0 Å². The van der Waals surface area contributed by atoms with E-state index in [9.17, 15) is 0 Å². The van der Waals surface area contributed by atoms with Crippen LogP contribution in [0.4, 0.5) is 0 Å². The average molecular weight is 400 g/mol. The fourth-order valence-corrected chi connectivity index (χ4v) is 2.93. The minimum Gasteiger partial charge on any atom is -0.492 e. The molecule has 0 amide bonds. The summed E-state index contributed by atoms with van der Waals surface area (Å²) in [5.74, 6) is 1.59. The van der Waals surface area contributed by atoms with Gasteiger partial charge in [-0.25, -0.2) is 4.98 Å². The van der Waals surface area contributed by atoms with Gasteiger partial charge in [-0.3, -0.25) is 0 Å². The summed E-state index contributed by atoms with van der Waals surface area (Å²) in [5, 5.41) is 1.01. The van der Waals surface area contributed by atoms with E-state index >= 15 is 0 Å². The Morgan fingerprint density at radius 2 is 1.95 bits per heavy atom. The summed E-state index contributed by atoms with van der Waals surface area (Å²) in [6, 6.07) is 9.42. The van der Waals surface area contributed by atoms with Crippen molar-refractivity contribution in [1.82, 2.24) is 9.97 Å². The first-order valence-corrected chi connectivity index (χ1v) is 8.41. The molecule has 0 unspecified atom stereocenters. The Hall–Kier alpha value is -1.23. The number of hydrogen-bond donors (Lipinski definition) is 1. The molecule has 3 aromatic rings. The predicted molar refractivity (Wildman–Crippen MR) is 95.0 cm³/mol. The molecule has 0 saturated carbocycles. The molecule has 2 aromatic carbocycles. The maximum absolute atomic E-state index is 6.03.